The fourth-order valence-corrected chi connectivity index (χ4v) is 2.74. The van der Waals surface area contributed by atoms with Crippen LogP contribution in [0.2, 0.25) is 0 Å². The minimum atomic E-state index is -4.35. The lowest BCUT2D eigenvalue weighted by atomic mass is 10.2. The highest BCUT2D eigenvalue weighted by Gasteiger charge is 2.27. The molecule has 1 rings (SSSR count). The van der Waals surface area contributed by atoms with Crippen LogP contribution in [-0.2, 0) is 10.1 Å². The third-order valence-electron chi connectivity index (χ3n) is 1.61. The van der Waals surface area contributed by atoms with Gasteiger partial charge in [0.15, 0.2) is 9.87 Å². The topological polar surface area (TPSA) is 82.5 Å². The van der Waals surface area contributed by atoms with Crippen molar-refractivity contribution in [3.05, 3.63) is 26.2 Å². The normalized spacial score (nSPS) is 10.3. The molecule has 0 fully saturated rings. The van der Waals surface area contributed by atoms with Crippen molar-refractivity contribution in [3.8, 4) is 0 Å². The van der Waals surface area contributed by atoms with Crippen molar-refractivity contribution >= 4 is 38.4 Å². The summed E-state index contributed by atoms with van der Waals surface area (Å²) in [5.41, 5.74) is 0.347. The lowest BCUT2D eigenvalue weighted by molar-refractivity contribution is -0.00000718. The zero-order valence-electron chi connectivity index (χ0n) is 7.48. The molecule has 0 aliphatic carbocycles. The summed E-state index contributed by atoms with van der Waals surface area (Å²) in [7, 11) is -4.35. The first-order chi connectivity index (χ1) is 6.36. The molecule has 0 saturated carbocycles. The van der Waals surface area contributed by atoms with Gasteiger partial charge in [-0.2, -0.15) is 8.42 Å². The van der Waals surface area contributed by atoms with Crippen LogP contribution < -0.4 is 12.4 Å². The maximum absolute atomic E-state index is 10.9. The monoisotopic (exact) mass is 360 g/mol. The molecule has 0 bridgehead atoms. The van der Waals surface area contributed by atoms with Gasteiger partial charge in [0, 0.05) is 9.13 Å². The van der Waals surface area contributed by atoms with Crippen LogP contribution in [0.5, 0.6) is 0 Å². The molecule has 0 atom stereocenters. The maximum Gasteiger partial charge on any atom is 0.408 e. The van der Waals surface area contributed by atoms with E-state index < -0.39 is 10.1 Å². The van der Waals surface area contributed by atoms with E-state index in [9.17, 15) is 8.42 Å². The highest BCUT2D eigenvalue weighted by molar-refractivity contribution is 14.1. The molecular formula is C7H6ClIN2O3S. The van der Waals surface area contributed by atoms with E-state index in [0.717, 1.165) is 0 Å². The van der Waals surface area contributed by atoms with Crippen LogP contribution in [0.3, 0.4) is 0 Å². The minimum Gasteiger partial charge on any atom is -1.00 e. The fourth-order valence-electron chi connectivity index (χ4n) is 1.03. The Morgan fingerprint density at radius 3 is 2.40 bits per heavy atom. The first kappa shape index (κ1) is 14.6. The summed E-state index contributed by atoms with van der Waals surface area (Å²) in [5.74, 6) is 0. The Morgan fingerprint density at radius 1 is 1.47 bits per heavy atom. The van der Waals surface area contributed by atoms with E-state index in [4.69, 9.17) is 9.95 Å². The van der Waals surface area contributed by atoms with Gasteiger partial charge in [-0.05, 0) is 41.6 Å². The molecule has 0 radical (unpaired) electrons. The summed E-state index contributed by atoms with van der Waals surface area (Å²) in [5, 5.41) is 8.60. The Kier molecular flexibility index (Phi) is 4.92. The number of aryl methyl sites for hydroxylation is 1. The Balaban J connectivity index is 0.00000196. The number of halogens is 2. The van der Waals surface area contributed by atoms with E-state index >= 15 is 0 Å². The molecule has 0 amide bonds. The van der Waals surface area contributed by atoms with Crippen LogP contribution in [0.25, 0.3) is 4.98 Å². The predicted octanol–water partition coefficient (Wildman–Crippen LogP) is -0.665. The maximum atomic E-state index is 10.9. The summed E-state index contributed by atoms with van der Waals surface area (Å²) in [6, 6.07) is 2.88. The van der Waals surface area contributed by atoms with Gasteiger partial charge in [-0.1, -0.05) is 0 Å². The van der Waals surface area contributed by atoms with Gasteiger partial charge in [0.2, 0.25) is 5.39 Å². The van der Waals surface area contributed by atoms with Crippen molar-refractivity contribution in [1.29, 1.82) is 5.39 Å². The Hall–Kier alpha value is -0.430. The van der Waals surface area contributed by atoms with Crippen LogP contribution in [0, 0.1) is 15.9 Å². The van der Waals surface area contributed by atoms with Crippen LogP contribution >= 0.6 is 22.6 Å². The molecule has 8 heteroatoms. The number of diazo groups is 1. The van der Waals surface area contributed by atoms with E-state index in [-0.39, 0.29) is 23.0 Å². The molecule has 0 aliphatic rings. The second kappa shape index (κ2) is 5.07. The molecule has 0 spiro atoms. The number of hydrogen-bond donors (Lipinski definition) is 1. The predicted molar refractivity (Wildman–Crippen MR) is 58.5 cm³/mol. The molecule has 5 nitrogen and oxygen atoms in total. The van der Waals surface area contributed by atoms with Crippen molar-refractivity contribution in [2.24, 2.45) is 0 Å². The average Bonchev–Trinajstić information content (AvgIpc) is 2.01. The minimum absolute atomic E-state index is 0. The molecule has 15 heavy (non-hydrogen) atoms. The standard InChI is InChI=1S/C7H5IN2O3S.ClH/c1-4-2-5(8)3-6(7(4)10-9)14(11,12)13;/h2-3H,1H3;1H. The molecule has 82 valence electrons. The van der Waals surface area contributed by atoms with Gasteiger partial charge in [-0.3, -0.25) is 4.55 Å². The number of hydrogen-bond acceptors (Lipinski definition) is 3. The molecule has 0 heterocycles. The van der Waals surface area contributed by atoms with Crippen LogP contribution in [0.1, 0.15) is 5.56 Å². The molecular weight excluding hydrogens is 355 g/mol. The van der Waals surface area contributed by atoms with Gasteiger partial charge in [0.1, 0.15) is 0 Å². The second-order valence-corrected chi connectivity index (χ2v) is 5.28. The highest BCUT2D eigenvalue weighted by atomic mass is 127. The Morgan fingerprint density at radius 2 is 2.00 bits per heavy atom. The lowest BCUT2D eigenvalue weighted by Crippen LogP contribution is -3.00. The van der Waals surface area contributed by atoms with Gasteiger partial charge < -0.3 is 12.4 Å². The number of benzene rings is 1. The third-order valence-corrected chi connectivity index (χ3v) is 3.10. The molecule has 1 aromatic rings. The molecule has 0 saturated heterocycles. The zero-order valence-corrected chi connectivity index (χ0v) is 11.2. The third kappa shape index (κ3) is 3.27. The SMILES string of the molecule is Cc1cc(I)cc(S(=O)(=O)O)c1[N+]#N.[Cl-]. The average molecular weight is 361 g/mol. The fraction of sp³-hybridized carbons (Fsp3) is 0.143. The van der Waals surface area contributed by atoms with Crippen molar-refractivity contribution in [2.45, 2.75) is 11.8 Å². The first-order valence-electron chi connectivity index (χ1n) is 3.49. The first-order valence-corrected chi connectivity index (χ1v) is 6.01. The zero-order chi connectivity index (χ0) is 10.9. The molecule has 0 unspecified atom stereocenters. The van der Waals surface area contributed by atoms with Gasteiger partial charge in [-0.15, -0.1) is 0 Å². The van der Waals surface area contributed by atoms with Gasteiger partial charge in [-0.25, -0.2) is 0 Å². The van der Waals surface area contributed by atoms with Crippen molar-refractivity contribution < 1.29 is 25.4 Å². The van der Waals surface area contributed by atoms with E-state index in [1.165, 1.54) is 6.07 Å². The van der Waals surface area contributed by atoms with Crippen molar-refractivity contribution in [1.82, 2.24) is 0 Å². The summed E-state index contributed by atoms with van der Waals surface area (Å²) in [6.07, 6.45) is 0. The second-order valence-electron chi connectivity index (χ2n) is 2.64. The Labute approximate surface area is 107 Å². The van der Waals surface area contributed by atoms with E-state index in [0.29, 0.717) is 9.13 Å². The van der Waals surface area contributed by atoms with Gasteiger partial charge in [0.25, 0.3) is 0 Å². The van der Waals surface area contributed by atoms with Crippen LogP contribution in [-0.4, -0.2) is 13.0 Å². The quantitative estimate of drug-likeness (QED) is 0.409. The number of rotatable bonds is 1. The summed E-state index contributed by atoms with van der Waals surface area (Å²) >= 11 is 1.91. The lowest BCUT2D eigenvalue weighted by Gasteiger charge is -1.96. The van der Waals surface area contributed by atoms with E-state index in [2.05, 4.69) is 4.98 Å². The Bertz CT molecular complexity index is 524. The van der Waals surface area contributed by atoms with Crippen LogP contribution in [0.15, 0.2) is 17.0 Å². The van der Waals surface area contributed by atoms with Gasteiger partial charge >= 0.3 is 15.8 Å². The van der Waals surface area contributed by atoms with Crippen molar-refractivity contribution in [3.63, 3.8) is 0 Å². The van der Waals surface area contributed by atoms with E-state index in [1.807, 2.05) is 22.6 Å². The molecule has 0 aliphatic heterocycles. The molecule has 1 N–H and O–H groups in total. The van der Waals surface area contributed by atoms with Crippen molar-refractivity contribution in [2.75, 3.05) is 0 Å². The van der Waals surface area contributed by atoms with Gasteiger partial charge in [0.05, 0.1) is 0 Å². The smallest absolute Gasteiger partial charge is 0.408 e. The van der Waals surface area contributed by atoms with Crippen LogP contribution in [0.4, 0.5) is 5.69 Å². The molecule has 1 aromatic carbocycles. The van der Waals surface area contributed by atoms with E-state index in [1.54, 1.807) is 13.0 Å². The molecule has 0 aromatic heterocycles. The highest BCUT2D eigenvalue weighted by Crippen LogP contribution is 2.30. The summed E-state index contributed by atoms with van der Waals surface area (Å²) in [4.78, 5) is 2.45. The number of nitrogens with zero attached hydrogens (tertiary/aromatic N) is 2. The summed E-state index contributed by atoms with van der Waals surface area (Å²) < 4.78 is 31.3. The largest absolute Gasteiger partial charge is 1.00 e. The summed E-state index contributed by atoms with van der Waals surface area (Å²) in [6.45, 7) is 1.59.